The van der Waals surface area contributed by atoms with E-state index in [1.807, 2.05) is 0 Å². The van der Waals surface area contributed by atoms with Crippen LogP contribution in [0.5, 0.6) is 0 Å². The molecule has 0 saturated heterocycles. The van der Waals surface area contributed by atoms with Gasteiger partial charge < -0.3 is 19.2 Å². The highest BCUT2D eigenvalue weighted by Gasteiger charge is 2.37. The van der Waals surface area contributed by atoms with Crippen molar-refractivity contribution in [2.45, 2.75) is 64.5 Å². The monoisotopic (exact) mass is 556 g/mol. The minimum absolute atomic E-state index is 0.0285. The summed E-state index contributed by atoms with van der Waals surface area (Å²) in [7, 11) is -2.16. The Morgan fingerprint density at radius 3 is 2.34 bits per heavy atom. The molecule has 190 valence electrons. The predicted molar refractivity (Wildman–Crippen MR) is 146 cm³/mol. The molecule has 1 atom stereocenters. The Bertz CT molecular complexity index is 1270. The molecule has 0 bridgehead atoms. The first-order chi connectivity index (χ1) is 16.3. The maximum atomic E-state index is 13.4. The zero-order valence-corrected chi connectivity index (χ0v) is 23.8. The topological polar surface area (TPSA) is 84.6 Å². The quantitative estimate of drug-likeness (QED) is 0.324. The Hall–Kier alpha value is -1.45. The molecule has 1 unspecified atom stereocenters. The molecule has 3 rings (SSSR count). The van der Waals surface area contributed by atoms with Crippen molar-refractivity contribution in [3.63, 3.8) is 0 Å². The summed E-state index contributed by atoms with van der Waals surface area (Å²) in [6.45, 7) is 10.5. The maximum Gasteiger partial charge on any atom is 0.192 e. The third-order valence-electron chi connectivity index (χ3n) is 6.61. The van der Waals surface area contributed by atoms with Crippen LogP contribution in [0.15, 0.2) is 35.3 Å². The van der Waals surface area contributed by atoms with Gasteiger partial charge in [0.1, 0.15) is 0 Å². The SMILES string of the molecule is CC(C)(C)[Si](C)(C)OCc1cc(=O)c2c(CCC(O)CO)ncc(Cl)c2n1-c1c(Cl)cccc1Cl. The number of aliphatic hydroxyl groups excluding tert-OH is 2. The van der Waals surface area contributed by atoms with E-state index in [4.69, 9.17) is 39.2 Å². The molecule has 10 heteroatoms. The van der Waals surface area contributed by atoms with Crippen molar-refractivity contribution in [2.24, 2.45) is 0 Å². The number of fused-ring (bicyclic) bond motifs is 1. The van der Waals surface area contributed by atoms with Gasteiger partial charge in [0, 0.05) is 12.3 Å². The molecule has 0 aliphatic carbocycles. The lowest BCUT2D eigenvalue weighted by molar-refractivity contribution is 0.0884. The van der Waals surface area contributed by atoms with E-state index in [1.165, 1.54) is 12.3 Å². The summed E-state index contributed by atoms with van der Waals surface area (Å²) in [6.07, 6.45) is 1.08. The standard InChI is InChI=1S/C25H31Cl3N2O4Si/c1-25(2,3)35(4,5)34-14-15-11-21(33)22-20(10-9-16(32)13-31)29-12-19(28)24(22)30(15)23-17(26)7-6-8-18(23)27/h6-8,11-12,16,31-32H,9-10,13-14H2,1-5H3. The van der Waals surface area contributed by atoms with Crippen molar-refractivity contribution in [2.75, 3.05) is 6.61 Å². The van der Waals surface area contributed by atoms with E-state index in [2.05, 4.69) is 38.8 Å². The number of hydrogen-bond donors (Lipinski definition) is 2. The molecule has 0 aliphatic rings. The summed E-state index contributed by atoms with van der Waals surface area (Å²) in [4.78, 5) is 17.8. The van der Waals surface area contributed by atoms with E-state index in [0.29, 0.717) is 38.0 Å². The molecule has 0 amide bonds. The predicted octanol–water partition coefficient (Wildman–Crippen LogP) is 6.15. The van der Waals surface area contributed by atoms with Gasteiger partial charge in [0.2, 0.25) is 0 Å². The normalized spacial score (nSPS) is 13.4. The van der Waals surface area contributed by atoms with Crippen molar-refractivity contribution in [3.05, 3.63) is 67.1 Å². The van der Waals surface area contributed by atoms with Crippen LogP contribution in [-0.4, -0.2) is 40.8 Å². The molecule has 6 nitrogen and oxygen atoms in total. The minimum Gasteiger partial charge on any atom is -0.411 e. The summed E-state index contributed by atoms with van der Waals surface area (Å²) in [5, 5.41) is 20.4. The first-order valence-electron chi connectivity index (χ1n) is 11.4. The molecule has 0 saturated carbocycles. The Kier molecular flexibility index (Phi) is 8.75. The summed E-state index contributed by atoms with van der Waals surface area (Å²) < 4.78 is 8.25. The van der Waals surface area contributed by atoms with Crippen molar-refractivity contribution < 1.29 is 14.6 Å². The zero-order chi connectivity index (χ0) is 26.1. The van der Waals surface area contributed by atoms with E-state index >= 15 is 0 Å². The number of rotatable bonds is 8. The van der Waals surface area contributed by atoms with Gasteiger partial charge in [-0.1, -0.05) is 61.6 Å². The Labute approximate surface area is 221 Å². The second-order valence-corrected chi connectivity index (χ2v) is 16.1. The first kappa shape index (κ1) is 28.1. The van der Waals surface area contributed by atoms with Crippen molar-refractivity contribution in [1.29, 1.82) is 0 Å². The second-order valence-electron chi connectivity index (χ2n) is 10.1. The van der Waals surface area contributed by atoms with Crippen LogP contribution in [0.25, 0.3) is 16.6 Å². The van der Waals surface area contributed by atoms with E-state index in [-0.39, 0.29) is 41.5 Å². The van der Waals surface area contributed by atoms with Gasteiger partial charge in [0.25, 0.3) is 0 Å². The molecule has 2 aromatic heterocycles. The Morgan fingerprint density at radius 2 is 1.77 bits per heavy atom. The van der Waals surface area contributed by atoms with Crippen LogP contribution in [-0.2, 0) is 17.5 Å². The summed E-state index contributed by atoms with van der Waals surface area (Å²) >= 11 is 19.9. The smallest absolute Gasteiger partial charge is 0.192 e. The van der Waals surface area contributed by atoms with Crippen LogP contribution in [0.3, 0.4) is 0 Å². The lowest BCUT2D eigenvalue weighted by Crippen LogP contribution is -2.40. The summed E-state index contributed by atoms with van der Waals surface area (Å²) in [5.41, 5.74) is 1.68. The average molecular weight is 558 g/mol. The van der Waals surface area contributed by atoms with Crippen LogP contribution in [0, 0.1) is 0 Å². The largest absolute Gasteiger partial charge is 0.411 e. The Balaban J connectivity index is 2.32. The fraction of sp³-hybridized carbons (Fsp3) is 0.440. The molecule has 35 heavy (non-hydrogen) atoms. The third-order valence-corrected chi connectivity index (χ3v) is 12.0. The van der Waals surface area contributed by atoms with Gasteiger partial charge in [-0.2, -0.15) is 0 Å². The highest BCUT2D eigenvalue weighted by Crippen LogP contribution is 2.39. The first-order valence-corrected chi connectivity index (χ1v) is 15.4. The van der Waals surface area contributed by atoms with Gasteiger partial charge in [0.05, 0.1) is 62.4 Å². The molecule has 2 N–H and O–H groups in total. The van der Waals surface area contributed by atoms with Gasteiger partial charge in [-0.3, -0.25) is 9.78 Å². The summed E-state index contributed by atoms with van der Waals surface area (Å²) in [5.74, 6) is 0. The third kappa shape index (κ3) is 5.93. The number of hydrogen-bond acceptors (Lipinski definition) is 5. The number of para-hydroxylation sites is 1. The molecular formula is C25H31Cl3N2O4Si. The summed E-state index contributed by atoms with van der Waals surface area (Å²) in [6, 6.07) is 6.70. The van der Waals surface area contributed by atoms with Gasteiger partial charge in [0.15, 0.2) is 13.7 Å². The van der Waals surface area contributed by atoms with E-state index in [1.54, 1.807) is 22.8 Å². The van der Waals surface area contributed by atoms with Crippen molar-refractivity contribution >= 4 is 54.0 Å². The molecule has 0 fully saturated rings. The van der Waals surface area contributed by atoms with E-state index < -0.39 is 14.4 Å². The number of aromatic nitrogens is 2. The molecular weight excluding hydrogens is 527 g/mol. The molecule has 2 heterocycles. The molecule has 3 aromatic rings. The van der Waals surface area contributed by atoms with Gasteiger partial charge in [-0.05, 0) is 43.1 Å². The number of aliphatic hydroxyl groups is 2. The number of benzene rings is 1. The minimum atomic E-state index is -2.16. The molecule has 1 aromatic carbocycles. The molecule has 0 aliphatic heterocycles. The molecule has 0 radical (unpaired) electrons. The highest BCUT2D eigenvalue weighted by atomic mass is 35.5. The van der Waals surface area contributed by atoms with Crippen LogP contribution >= 0.6 is 34.8 Å². The zero-order valence-electron chi connectivity index (χ0n) is 20.5. The second kappa shape index (κ2) is 10.9. The van der Waals surface area contributed by atoms with Crippen LogP contribution < -0.4 is 5.43 Å². The lowest BCUT2D eigenvalue weighted by Gasteiger charge is -2.36. The van der Waals surface area contributed by atoms with Crippen molar-refractivity contribution in [3.8, 4) is 5.69 Å². The number of halogens is 3. The van der Waals surface area contributed by atoms with E-state index in [9.17, 15) is 15.0 Å². The van der Waals surface area contributed by atoms with Crippen LogP contribution in [0.4, 0.5) is 0 Å². The van der Waals surface area contributed by atoms with Gasteiger partial charge in [-0.15, -0.1) is 0 Å². The fourth-order valence-corrected chi connectivity index (χ4v) is 5.28. The lowest BCUT2D eigenvalue weighted by atomic mass is 10.1. The van der Waals surface area contributed by atoms with Crippen molar-refractivity contribution in [1.82, 2.24) is 9.55 Å². The highest BCUT2D eigenvalue weighted by molar-refractivity contribution is 6.74. The van der Waals surface area contributed by atoms with E-state index in [0.717, 1.165) is 0 Å². The maximum absolute atomic E-state index is 13.4. The average Bonchev–Trinajstić information content (AvgIpc) is 2.77. The Morgan fingerprint density at radius 1 is 1.14 bits per heavy atom. The number of nitrogens with zero attached hydrogens (tertiary/aromatic N) is 2. The number of pyridine rings is 2. The fourth-order valence-electron chi connectivity index (χ4n) is 3.54. The van der Waals surface area contributed by atoms with Crippen LogP contribution in [0.2, 0.25) is 33.2 Å². The van der Waals surface area contributed by atoms with Crippen LogP contribution in [0.1, 0.15) is 38.6 Å². The van der Waals surface area contributed by atoms with Gasteiger partial charge in [-0.25, -0.2) is 0 Å². The number of aryl methyl sites for hydroxylation is 1. The van der Waals surface area contributed by atoms with Gasteiger partial charge >= 0.3 is 0 Å². The molecule has 0 spiro atoms.